The fraction of sp³-hybridized carbons (Fsp3) is 1.00. The van der Waals surface area contributed by atoms with Gasteiger partial charge >= 0.3 is 0 Å². The third kappa shape index (κ3) is 0.730. The Morgan fingerprint density at radius 2 is 2.00 bits per heavy atom. The fourth-order valence-corrected chi connectivity index (χ4v) is 0.451. The number of halogens is 1. The van der Waals surface area contributed by atoms with Crippen LogP contribution >= 0.6 is 0 Å². The molecule has 1 heterocycles. The monoisotopic (exact) mass is 118 g/mol. The van der Waals surface area contributed by atoms with Gasteiger partial charge in [-0.2, -0.15) is 0 Å². The van der Waals surface area contributed by atoms with Gasteiger partial charge in [0.2, 0.25) is 0 Å². The topological polar surface area (TPSA) is 12.5 Å². The van der Waals surface area contributed by atoms with Gasteiger partial charge in [0.05, 0.1) is 6.61 Å². The van der Waals surface area contributed by atoms with Crippen LogP contribution in [0.3, 0.4) is 0 Å². The van der Waals surface area contributed by atoms with Crippen molar-refractivity contribution in [1.82, 2.24) is 0 Å². The maximum atomic E-state index is 12.8. The average Bonchev–Trinajstić information content (AvgIpc) is 2.16. The molecule has 0 radical (unpaired) electrons. The zero-order valence-electron chi connectivity index (χ0n) is 5.49. The van der Waals surface area contributed by atoms with Gasteiger partial charge in [0.25, 0.3) is 0 Å². The first-order chi connectivity index (χ1) is 3.46. The molecule has 8 heavy (non-hydrogen) atoms. The normalized spacial score (nSPS) is 37.5. The number of alkyl halides is 1. The summed E-state index contributed by atoms with van der Waals surface area (Å²) in [6.45, 7) is 5.43. The zero-order chi connectivity index (χ0) is 6.41. The molecule has 0 bridgehead atoms. The Morgan fingerprint density at radius 1 is 1.62 bits per heavy atom. The highest BCUT2D eigenvalue weighted by atomic mass is 19.1. The molecule has 0 aromatic heterocycles. The predicted octanol–water partition coefficient (Wildman–Crippen LogP) is 1.52. The van der Waals surface area contributed by atoms with Gasteiger partial charge in [-0.15, -0.1) is 0 Å². The fourth-order valence-electron chi connectivity index (χ4n) is 0.451. The van der Waals surface area contributed by atoms with Crippen LogP contribution in [0, 0.1) is 0 Å². The van der Waals surface area contributed by atoms with Crippen LogP contribution in [0.25, 0.3) is 0 Å². The van der Waals surface area contributed by atoms with E-state index in [0.29, 0.717) is 6.61 Å². The molecule has 1 fully saturated rings. The highest BCUT2D eigenvalue weighted by molar-refractivity contribution is 5.00. The molecule has 1 unspecified atom stereocenters. The third-order valence-corrected chi connectivity index (χ3v) is 1.83. The molecule has 1 nitrogen and oxygen atoms in total. The molecule has 1 aliphatic rings. The Labute approximate surface area is 48.8 Å². The summed E-state index contributed by atoms with van der Waals surface area (Å²) in [5.41, 5.74) is -1.65. The summed E-state index contributed by atoms with van der Waals surface area (Å²) in [5.74, 6) is 0. The number of hydrogen-bond donors (Lipinski definition) is 0. The Bertz CT molecular complexity index is 96.3. The van der Waals surface area contributed by atoms with E-state index >= 15 is 0 Å². The molecule has 0 spiro atoms. The number of rotatable bonds is 1. The summed E-state index contributed by atoms with van der Waals surface area (Å²) >= 11 is 0. The second-order valence-corrected chi connectivity index (χ2v) is 2.99. The average molecular weight is 118 g/mol. The third-order valence-electron chi connectivity index (χ3n) is 1.83. The summed E-state index contributed by atoms with van der Waals surface area (Å²) in [6.07, 6.45) is 0. The quantitative estimate of drug-likeness (QED) is 0.475. The van der Waals surface area contributed by atoms with E-state index in [4.69, 9.17) is 4.74 Å². The van der Waals surface area contributed by atoms with Crippen molar-refractivity contribution in [3.63, 3.8) is 0 Å². The first-order valence-corrected chi connectivity index (χ1v) is 2.79. The van der Waals surface area contributed by atoms with Crippen LogP contribution in [0.2, 0.25) is 0 Å². The minimum atomic E-state index is -1.17. The maximum Gasteiger partial charge on any atom is 0.136 e. The second-order valence-electron chi connectivity index (χ2n) is 2.99. The van der Waals surface area contributed by atoms with Gasteiger partial charge in [-0.05, 0) is 20.8 Å². The standard InChI is InChI=1S/C6H11FO/c1-5(2,7)6(3)4-8-6/h4H2,1-3H3. The number of hydrogen-bond acceptors (Lipinski definition) is 1. The maximum absolute atomic E-state index is 12.8. The lowest BCUT2D eigenvalue weighted by atomic mass is 9.96. The molecule has 0 saturated carbocycles. The van der Waals surface area contributed by atoms with Gasteiger partial charge in [-0.3, -0.25) is 0 Å². The largest absolute Gasteiger partial charge is 0.366 e. The van der Waals surface area contributed by atoms with Crippen LogP contribution in [0.5, 0.6) is 0 Å². The van der Waals surface area contributed by atoms with Crippen LogP contribution in [0.15, 0.2) is 0 Å². The molecule has 2 heteroatoms. The molecule has 1 atom stereocenters. The van der Waals surface area contributed by atoms with Gasteiger partial charge in [-0.25, -0.2) is 4.39 Å². The molecule has 0 amide bonds. The molecular weight excluding hydrogens is 107 g/mol. The van der Waals surface area contributed by atoms with Gasteiger partial charge in [0.1, 0.15) is 11.3 Å². The lowest BCUT2D eigenvalue weighted by molar-refractivity contribution is 0.0939. The summed E-state index contributed by atoms with van der Waals surface area (Å²) in [6, 6.07) is 0. The first kappa shape index (κ1) is 6.02. The van der Waals surface area contributed by atoms with Crippen molar-refractivity contribution in [2.24, 2.45) is 0 Å². The second kappa shape index (κ2) is 1.24. The van der Waals surface area contributed by atoms with E-state index in [0.717, 1.165) is 0 Å². The van der Waals surface area contributed by atoms with Crippen molar-refractivity contribution in [3.8, 4) is 0 Å². The lowest BCUT2D eigenvalue weighted by Crippen LogP contribution is -2.31. The minimum absolute atomic E-state index is 0.479. The van der Waals surface area contributed by atoms with Crippen molar-refractivity contribution >= 4 is 0 Å². The summed E-state index contributed by atoms with van der Waals surface area (Å²) in [4.78, 5) is 0. The van der Waals surface area contributed by atoms with E-state index in [1.165, 1.54) is 0 Å². The van der Waals surface area contributed by atoms with Crippen LogP contribution < -0.4 is 0 Å². The van der Waals surface area contributed by atoms with Gasteiger partial charge in [-0.1, -0.05) is 0 Å². The lowest BCUT2D eigenvalue weighted by Gasteiger charge is -2.17. The van der Waals surface area contributed by atoms with Gasteiger partial charge < -0.3 is 4.74 Å². The summed E-state index contributed by atoms with van der Waals surface area (Å²) in [5, 5.41) is 0. The van der Waals surface area contributed by atoms with Crippen molar-refractivity contribution in [3.05, 3.63) is 0 Å². The van der Waals surface area contributed by atoms with E-state index in [1.54, 1.807) is 20.8 Å². The zero-order valence-corrected chi connectivity index (χ0v) is 5.49. The van der Waals surface area contributed by atoms with Crippen molar-refractivity contribution in [2.75, 3.05) is 6.61 Å². The SMILES string of the molecule is CC(C)(F)C1(C)CO1. The molecule has 1 aliphatic heterocycles. The van der Waals surface area contributed by atoms with E-state index in [-0.39, 0.29) is 0 Å². The molecule has 0 N–H and O–H groups in total. The minimum Gasteiger partial charge on any atom is -0.366 e. The van der Waals surface area contributed by atoms with Crippen LogP contribution in [0.1, 0.15) is 20.8 Å². The smallest absolute Gasteiger partial charge is 0.136 e. The molecule has 1 rings (SSSR count). The van der Waals surface area contributed by atoms with Gasteiger partial charge in [0.15, 0.2) is 0 Å². The van der Waals surface area contributed by atoms with Crippen LogP contribution in [-0.4, -0.2) is 17.9 Å². The highest BCUT2D eigenvalue weighted by Gasteiger charge is 2.53. The Kier molecular flexibility index (Phi) is 0.932. The first-order valence-electron chi connectivity index (χ1n) is 2.79. The molecular formula is C6H11FO. The number of epoxide rings is 1. The molecule has 0 aromatic rings. The van der Waals surface area contributed by atoms with Gasteiger partial charge in [0, 0.05) is 0 Å². The summed E-state index contributed by atoms with van der Waals surface area (Å²) < 4.78 is 17.7. The van der Waals surface area contributed by atoms with Crippen molar-refractivity contribution in [2.45, 2.75) is 32.0 Å². The highest BCUT2D eigenvalue weighted by Crippen LogP contribution is 2.39. The molecule has 48 valence electrons. The summed E-state index contributed by atoms with van der Waals surface area (Å²) in [7, 11) is 0. The van der Waals surface area contributed by atoms with E-state index in [1.807, 2.05) is 0 Å². The Morgan fingerprint density at radius 3 is 2.00 bits per heavy atom. The van der Waals surface area contributed by atoms with E-state index < -0.39 is 11.3 Å². The van der Waals surface area contributed by atoms with Crippen LogP contribution in [0.4, 0.5) is 4.39 Å². The molecule has 1 saturated heterocycles. The number of ether oxygens (including phenoxy) is 1. The van der Waals surface area contributed by atoms with E-state index in [2.05, 4.69) is 0 Å². The Balaban J connectivity index is 2.58. The van der Waals surface area contributed by atoms with Crippen molar-refractivity contribution in [1.29, 1.82) is 0 Å². The molecule has 0 aromatic carbocycles. The predicted molar refractivity (Wildman–Crippen MR) is 29.5 cm³/mol. The van der Waals surface area contributed by atoms with E-state index in [9.17, 15) is 4.39 Å². The Hall–Kier alpha value is -0.110. The van der Waals surface area contributed by atoms with Crippen LogP contribution in [-0.2, 0) is 4.74 Å². The van der Waals surface area contributed by atoms with Crippen molar-refractivity contribution < 1.29 is 9.13 Å². The molecule has 0 aliphatic carbocycles.